The maximum Gasteiger partial charge on any atom is 0.263 e. The largest absolute Gasteiger partial charge is 0.497 e. The van der Waals surface area contributed by atoms with E-state index in [1.807, 2.05) is 19.1 Å². The van der Waals surface area contributed by atoms with Crippen LogP contribution in [0.1, 0.15) is 12.5 Å². The molecular formula is C17H18ClN3O3. The van der Waals surface area contributed by atoms with E-state index in [0.29, 0.717) is 24.3 Å². The molecule has 1 aromatic rings. The molecular weight excluding hydrogens is 330 g/mol. The van der Waals surface area contributed by atoms with Crippen molar-refractivity contribution < 1.29 is 14.3 Å². The molecule has 1 aliphatic rings. The molecule has 0 bridgehead atoms. The van der Waals surface area contributed by atoms with Gasteiger partial charge in [-0.1, -0.05) is 23.7 Å². The number of hydrogen-bond acceptors (Lipinski definition) is 5. The van der Waals surface area contributed by atoms with Crippen molar-refractivity contribution >= 4 is 29.5 Å². The summed E-state index contributed by atoms with van der Waals surface area (Å²) in [6.45, 7) is 2.74. The van der Waals surface area contributed by atoms with Crippen LogP contribution in [0.5, 0.6) is 5.75 Å². The van der Waals surface area contributed by atoms with E-state index in [1.54, 1.807) is 25.4 Å². The van der Waals surface area contributed by atoms with Crippen LogP contribution in [0, 0.1) is 5.41 Å². The van der Waals surface area contributed by atoms with Crippen molar-refractivity contribution in [2.45, 2.75) is 13.5 Å². The van der Waals surface area contributed by atoms with Gasteiger partial charge in [0.25, 0.3) is 5.91 Å². The van der Waals surface area contributed by atoms with E-state index >= 15 is 0 Å². The van der Waals surface area contributed by atoms with Gasteiger partial charge in [-0.2, -0.15) is 0 Å². The fourth-order valence-electron chi connectivity index (χ4n) is 2.25. The normalized spacial score (nSPS) is 16.6. The van der Waals surface area contributed by atoms with Crippen molar-refractivity contribution in [3.05, 3.63) is 52.3 Å². The van der Waals surface area contributed by atoms with Gasteiger partial charge in [-0.15, -0.1) is 0 Å². The average molecular weight is 348 g/mol. The second kappa shape index (κ2) is 7.79. The first kappa shape index (κ1) is 17.7. The Bertz CT molecular complexity index is 723. The Morgan fingerprint density at radius 3 is 2.54 bits per heavy atom. The summed E-state index contributed by atoms with van der Waals surface area (Å²) < 4.78 is 5.11. The van der Waals surface area contributed by atoms with E-state index in [0.717, 1.165) is 5.56 Å². The van der Waals surface area contributed by atoms with Crippen molar-refractivity contribution in [3.8, 4) is 5.75 Å². The number of nitrogens with zero attached hydrogens (tertiary/aromatic N) is 1. The summed E-state index contributed by atoms with van der Waals surface area (Å²) in [4.78, 5) is 25.1. The van der Waals surface area contributed by atoms with Crippen molar-refractivity contribution in [3.63, 3.8) is 0 Å². The first-order chi connectivity index (χ1) is 11.5. The van der Waals surface area contributed by atoms with Crippen molar-refractivity contribution in [2.24, 2.45) is 0 Å². The van der Waals surface area contributed by atoms with Crippen LogP contribution in [-0.4, -0.2) is 36.5 Å². The predicted octanol–water partition coefficient (Wildman–Crippen LogP) is 2.20. The van der Waals surface area contributed by atoms with Gasteiger partial charge in [-0.05, 0) is 24.6 Å². The number of aldehydes is 1. The van der Waals surface area contributed by atoms with Crippen LogP contribution in [0.3, 0.4) is 0 Å². The molecule has 7 heteroatoms. The van der Waals surface area contributed by atoms with E-state index in [4.69, 9.17) is 21.7 Å². The minimum atomic E-state index is -0.522. The molecule has 1 aromatic carbocycles. The number of methoxy groups -OCH3 is 1. The standard InChI is InChI=1S/C17H18ClN3O3/c1-3-20-8-14-16(19)15(18)13(10-22)17(23)21(14)9-11-4-6-12(24-2)7-5-11/h4-8,10,19-20H,3,9H2,1-2H3/b14-8+,19-16?. The Balaban J connectivity index is 2.40. The summed E-state index contributed by atoms with van der Waals surface area (Å²) in [6, 6.07) is 7.21. The summed E-state index contributed by atoms with van der Waals surface area (Å²) >= 11 is 6.00. The first-order valence-electron chi connectivity index (χ1n) is 7.36. The minimum absolute atomic E-state index is 0.0622. The number of nitrogens with one attached hydrogen (secondary N) is 2. The Hall–Kier alpha value is -2.60. The zero-order chi connectivity index (χ0) is 17.7. The van der Waals surface area contributed by atoms with Crippen LogP contribution in [0.4, 0.5) is 0 Å². The second-order valence-corrected chi connectivity index (χ2v) is 5.43. The number of amides is 1. The van der Waals surface area contributed by atoms with Gasteiger partial charge in [0.2, 0.25) is 0 Å². The summed E-state index contributed by atoms with van der Waals surface area (Å²) in [5.41, 5.74) is 0.896. The molecule has 0 fully saturated rings. The zero-order valence-electron chi connectivity index (χ0n) is 13.4. The van der Waals surface area contributed by atoms with Gasteiger partial charge in [0.05, 0.1) is 30.1 Å². The Morgan fingerprint density at radius 1 is 1.33 bits per heavy atom. The summed E-state index contributed by atoms with van der Waals surface area (Å²) in [7, 11) is 1.57. The fraction of sp³-hybridized carbons (Fsp3) is 0.235. The molecule has 2 rings (SSSR count). The molecule has 0 spiro atoms. The number of halogens is 1. The molecule has 0 saturated carbocycles. The molecule has 0 aromatic heterocycles. The van der Waals surface area contributed by atoms with Gasteiger partial charge in [-0.3, -0.25) is 15.0 Å². The highest BCUT2D eigenvalue weighted by atomic mass is 35.5. The van der Waals surface area contributed by atoms with Crippen LogP contribution in [-0.2, 0) is 16.1 Å². The van der Waals surface area contributed by atoms with E-state index in [-0.39, 0.29) is 22.9 Å². The van der Waals surface area contributed by atoms with Crippen LogP contribution < -0.4 is 10.1 Å². The lowest BCUT2D eigenvalue weighted by molar-refractivity contribution is -0.126. The molecule has 2 N–H and O–H groups in total. The maximum atomic E-state index is 12.6. The topological polar surface area (TPSA) is 82.5 Å². The fourth-order valence-corrected chi connectivity index (χ4v) is 2.47. The lowest BCUT2D eigenvalue weighted by Crippen LogP contribution is -2.40. The zero-order valence-corrected chi connectivity index (χ0v) is 14.2. The van der Waals surface area contributed by atoms with Gasteiger partial charge in [-0.25, -0.2) is 0 Å². The van der Waals surface area contributed by atoms with Crippen LogP contribution >= 0.6 is 11.6 Å². The number of hydrogen-bond donors (Lipinski definition) is 2. The minimum Gasteiger partial charge on any atom is -0.497 e. The van der Waals surface area contributed by atoms with Crippen LogP contribution in [0.25, 0.3) is 0 Å². The Morgan fingerprint density at radius 2 is 2.00 bits per heavy atom. The van der Waals surface area contributed by atoms with E-state index in [2.05, 4.69) is 5.32 Å². The van der Waals surface area contributed by atoms with Gasteiger partial charge >= 0.3 is 0 Å². The third kappa shape index (κ3) is 3.49. The van der Waals surface area contributed by atoms with E-state index in [9.17, 15) is 9.59 Å². The highest BCUT2D eigenvalue weighted by molar-refractivity contribution is 6.50. The average Bonchev–Trinajstić information content (AvgIpc) is 2.60. The van der Waals surface area contributed by atoms with Gasteiger partial charge in [0.15, 0.2) is 6.29 Å². The highest BCUT2D eigenvalue weighted by Crippen LogP contribution is 2.27. The van der Waals surface area contributed by atoms with E-state index in [1.165, 1.54) is 4.90 Å². The molecule has 0 aliphatic carbocycles. The predicted molar refractivity (Wildman–Crippen MR) is 92.0 cm³/mol. The second-order valence-electron chi connectivity index (χ2n) is 5.05. The lowest BCUT2D eigenvalue weighted by atomic mass is 10.0. The third-order valence-corrected chi connectivity index (χ3v) is 3.93. The molecule has 0 radical (unpaired) electrons. The smallest absolute Gasteiger partial charge is 0.263 e. The van der Waals surface area contributed by atoms with Crippen LogP contribution in [0.2, 0.25) is 0 Å². The monoisotopic (exact) mass is 347 g/mol. The molecule has 24 heavy (non-hydrogen) atoms. The number of rotatable bonds is 6. The first-order valence-corrected chi connectivity index (χ1v) is 7.73. The molecule has 126 valence electrons. The van der Waals surface area contributed by atoms with Crippen molar-refractivity contribution in [2.75, 3.05) is 13.7 Å². The summed E-state index contributed by atoms with van der Waals surface area (Å²) in [6.07, 6.45) is 1.96. The molecule has 1 aliphatic heterocycles. The van der Waals surface area contributed by atoms with Gasteiger partial charge in [0.1, 0.15) is 11.3 Å². The van der Waals surface area contributed by atoms with Crippen molar-refractivity contribution in [1.29, 1.82) is 5.41 Å². The number of ether oxygens (including phenoxy) is 1. The Kier molecular flexibility index (Phi) is 5.76. The summed E-state index contributed by atoms with van der Waals surface area (Å²) in [5, 5.41) is 11.0. The molecule has 0 atom stereocenters. The lowest BCUT2D eigenvalue weighted by Gasteiger charge is -2.30. The Labute approximate surface area is 145 Å². The molecule has 6 nitrogen and oxygen atoms in total. The quantitative estimate of drug-likeness (QED) is 0.610. The number of allylic oxidation sites excluding steroid dienone is 1. The number of carbonyl (C=O) groups is 2. The summed E-state index contributed by atoms with van der Waals surface area (Å²) in [5.74, 6) is 0.183. The molecule has 0 unspecified atom stereocenters. The van der Waals surface area contributed by atoms with Crippen LogP contribution in [0.15, 0.2) is 46.8 Å². The number of benzene rings is 1. The van der Waals surface area contributed by atoms with E-state index < -0.39 is 5.91 Å². The van der Waals surface area contributed by atoms with Gasteiger partial charge in [0, 0.05) is 12.7 Å². The van der Waals surface area contributed by atoms with Gasteiger partial charge < -0.3 is 15.0 Å². The van der Waals surface area contributed by atoms with Crippen molar-refractivity contribution in [1.82, 2.24) is 10.2 Å². The highest BCUT2D eigenvalue weighted by Gasteiger charge is 2.33. The maximum absolute atomic E-state index is 12.6. The SMILES string of the molecule is CCN/C=C1\C(=N)C(Cl)=C(C=O)C(=O)N1Cc1ccc(OC)cc1. The number of carbonyl (C=O) groups excluding carboxylic acids is 2. The molecule has 1 amide bonds. The molecule has 0 saturated heterocycles. The third-order valence-electron chi connectivity index (χ3n) is 3.54. The molecule has 1 heterocycles.